The molecule has 6 heteroatoms. The van der Waals surface area contributed by atoms with Gasteiger partial charge in [-0.2, -0.15) is 0 Å². The van der Waals surface area contributed by atoms with E-state index in [1.165, 1.54) is 19.6 Å². The molecule has 2 aliphatic heterocycles. The van der Waals surface area contributed by atoms with Crippen molar-refractivity contribution in [3.8, 4) is 0 Å². The third-order valence-corrected chi connectivity index (χ3v) is 3.53. The van der Waals surface area contributed by atoms with Crippen molar-refractivity contribution in [2.75, 3.05) is 46.3 Å². The van der Waals surface area contributed by atoms with E-state index in [1.807, 2.05) is 0 Å². The molecule has 2 rings (SSSR count). The molecule has 2 radical (unpaired) electrons. The van der Waals surface area contributed by atoms with Crippen LogP contribution in [0.2, 0.25) is 0 Å². The third-order valence-electron chi connectivity index (χ3n) is 3.53. The summed E-state index contributed by atoms with van der Waals surface area (Å²) in [7, 11) is 6.68. The van der Waals surface area contributed by atoms with Gasteiger partial charge in [0.25, 0.3) is 0 Å². The highest BCUT2D eigenvalue weighted by molar-refractivity contribution is 6.30. The Kier molecular flexibility index (Phi) is 4.30. The highest BCUT2D eigenvalue weighted by atomic mass is 15.3. The van der Waals surface area contributed by atoms with Crippen LogP contribution >= 0.6 is 0 Å². The molecule has 0 N–H and O–H groups in total. The van der Waals surface area contributed by atoms with Crippen LogP contribution in [0.25, 0.3) is 0 Å². The zero-order valence-corrected chi connectivity index (χ0v) is 10.8. The lowest BCUT2D eigenvalue weighted by molar-refractivity contribution is 0.312. The molecule has 88 valence electrons. The van der Waals surface area contributed by atoms with Crippen LogP contribution in [0.15, 0.2) is 0 Å². The first kappa shape index (κ1) is 12.4. The van der Waals surface area contributed by atoms with E-state index in [2.05, 4.69) is 55.2 Å². The summed E-state index contributed by atoms with van der Waals surface area (Å²) in [6.07, 6.45) is 0. The number of rotatable bonds is 4. The molecule has 0 spiro atoms. The second kappa shape index (κ2) is 5.54. The summed E-state index contributed by atoms with van der Waals surface area (Å²) in [5, 5.41) is 0. The summed E-state index contributed by atoms with van der Waals surface area (Å²) < 4.78 is 0. The summed E-state index contributed by atoms with van der Waals surface area (Å²) in [6, 6.07) is 0.610. The minimum Gasteiger partial charge on any atom is -0.333 e. The fourth-order valence-electron chi connectivity index (χ4n) is 2.41. The molecular formula is C10H22B2N4. The predicted molar refractivity (Wildman–Crippen MR) is 69.1 cm³/mol. The van der Waals surface area contributed by atoms with E-state index >= 15 is 0 Å². The molecule has 2 aliphatic rings. The van der Waals surface area contributed by atoms with Crippen LogP contribution in [-0.4, -0.2) is 86.7 Å². The van der Waals surface area contributed by atoms with Crippen molar-refractivity contribution in [2.45, 2.75) is 19.9 Å². The monoisotopic (exact) mass is 220 g/mol. The molecule has 0 aromatic rings. The molecular weight excluding hydrogens is 198 g/mol. The standard InChI is InChI=1S/C10H22B2N4/c1-4-14-7-8-16(12-14)10(2)9-15-6-5-13(3)11-15/h10H,4-9H2,1-3H3. The summed E-state index contributed by atoms with van der Waals surface area (Å²) in [4.78, 5) is 9.54. The Morgan fingerprint density at radius 3 is 2.38 bits per heavy atom. The van der Waals surface area contributed by atoms with Crippen LogP contribution in [0, 0.1) is 0 Å². The first-order chi connectivity index (χ1) is 7.69. The van der Waals surface area contributed by atoms with Crippen molar-refractivity contribution in [2.24, 2.45) is 0 Å². The Bertz CT molecular complexity index is 229. The van der Waals surface area contributed by atoms with Gasteiger partial charge in [-0.25, -0.2) is 0 Å². The van der Waals surface area contributed by atoms with Crippen molar-refractivity contribution in [1.29, 1.82) is 0 Å². The van der Waals surface area contributed by atoms with Gasteiger partial charge in [0.15, 0.2) is 0 Å². The van der Waals surface area contributed by atoms with Gasteiger partial charge in [0.05, 0.1) is 0 Å². The molecule has 0 aromatic heterocycles. The molecule has 0 amide bonds. The zero-order chi connectivity index (χ0) is 11.5. The maximum absolute atomic E-state index is 2.47. The lowest BCUT2D eigenvalue weighted by atomic mass is 10.0. The van der Waals surface area contributed by atoms with E-state index in [4.69, 9.17) is 0 Å². The van der Waals surface area contributed by atoms with Gasteiger partial charge in [-0.05, 0) is 40.2 Å². The Labute approximate surface area is 101 Å². The highest BCUT2D eigenvalue weighted by Gasteiger charge is 2.28. The maximum atomic E-state index is 2.47. The molecule has 16 heavy (non-hydrogen) atoms. The largest absolute Gasteiger partial charge is 0.333 e. The molecule has 1 unspecified atom stereocenters. The Balaban J connectivity index is 1.73. The third kappa shape index (κ3) is 3.00. The van der Waals surface area contributed by atoms with Gasteiger partial charge in [0.1, 0.15) is 0 Å². The van der Waals surface area contributed by atoms with Crippen molar-refractivity contribution in [3.05, 3.63) is 0 Å². The lowest BCUT2D eigenvalue weighted by Gasteiger charge is -2.27. The molecule has 4 nitrogen and oxygen atoms in total. The molecule has 1 atom stereocenters. The quantitative estimate of drug-likeness (QED) is 0.582. The van der Waals surface area contributed by atoms with E-state index in [0.29, 0.717) is 6.04 Å². The molecule has 2 saturated heterocycles. The van der Waals surface area contributed by atoms with Crippen molar-refractivity contribution >= 4 is 15.1 Å². The summed E-state index contributed by atoms with van der Waals surface area (Å²) >= 11 is 0. The van der Waals surface area contributed by atoms with E-state index in [1.54, 1.807) is 0 Å². The van der Waals surface area contributed by atoms with Gasteiger partial charge < -0.3 is 19.2 Å². The summed E-state index contributed by atoms with van der Waals surface area (Å²) in [6.45, 7) is 11.5. The predicted octanol–water partition coefficient (Wildman–Crippen LogP) is -0.672. The number of likely N-dealkylation sites (N-methyl/N-ethyl adjacent to an activating group) is 2. The number of hydrogen-bond acceptors (Lipinski definition) is 4. The van der Waals surface area contributed by atoms with E-state index < -0.39 is 0 Å². The summed E-state index contributed by atoms with van der Waals surface area (Å²) in [5.41, 5.74) is 0. The Hall–Kier alpha value is -0.0301. The second-order valence-corrected chi connectivity index (χ2v) is 4.92. The molecule has 0 aliphatic carbocycles. The minimum atomic E-state index is 0.610. The Morgan fingerprint density at radius 1 is 1.06 bits per heavy atom. The van der Waals surface area contributed by atoms with Gasteiger partial charge in [0, 0.05) is 19.1 Å². The van der Waals surface area contributed by atoms with Crippen LogP contribution < -0.4 is 0 Å². The van der Waals surface area contributed by atoms with Crippen LogP contribution in [0.3, 0.4) is 0 Å². The van der Waals surface area contributed by atoms with Gasteiger partial charge >= 0.3 is 15.1 Å². The lowest BCUT2D eigenvalue weighted by Crippen LogP contribution is -2.44. The minimum absolute atomic E-state index is 0.610. The molecule has 2 heterocycles. The Morgan fingerprint density at radius 2 is 1.81 bits per heavy atom. The van der Waals surface area contributed by atoms with Crippen LogP contribution in [0.4, 0.5) is 0 Å². The van der Waals surface area contributed by atoms with Crippen LogP contribution in [-0.2, 0) is 0 Å². The fourth-order valence-corrected chi connectivity index (χ4v) is 2.41. The fraction of sp³-hybridized carbons (Fsp3) is 1.00. The first-order valence-electron chi connectivity index (χ1n) is 6.33. The zero-order valence-electron chi connectivity index (χ0n) is 10.8. The molecule has 0 aromatic carbocycles. The second-order valence-electron chi connectivity index (χ2n) is 4.92. The summed E-state index contributed by atoms with van der Waals surface area (Å²) in [5.74, 6) is 0. The van der Waals surface area contributed by atoms with Gasteiger partial charge in [-0.1, -0.05) is 6.92 Å². The van der Waals surface area contributed by atoms with E-state index in [-0.39, 0.29) is 0 Å². The van der Waals surface area contributed by atoms with Crippen molar-refractivity contribution < 1.29 is 0 Å². The number of nitrogens with zero attached hydrogens (tertiary/aromatic N) is 4. The van der Waals surface area contributed by atoms with Gasteiger partial charge in [-0.3, -0.25) is 0 Å². The molecule has 0 bridgehead atoms. The normalized spacial score (nSPS) is 26.9. The molecule has 0 saturated carbocycles. The van der Waals surface area contributed by atoms with Crippen LogP contribution in [0.5, 0.6) is 0 Å². The SMILES string of the molecule is CCN1[B]N(C(C)CN2[B]N(C)CC2)CC1. The van der Waals surface area contributed by atoms with Crippen LogP contribution in [0.1, 0.15) is 13.8 Å². The average Bonchev–Trinajstić information content (AvgIpc) is 2.87. The van der Waals surface area contributed by atoms with Gasteiger partial charge in [0.2, 0.25) is 0 Å². The highest BCUT2D eigenvalue weighted by Crippen LogP contribution is 2.09. The topological polar surface area (TPSA) is 13.0 Å². The van der Waals surface area contributed by atoms with E-state index in [0.717, 1.165) is 19.6 Å². The average molecular weight is 220 g/mol. The van der Waals surface area contributed by atoms with Gasteiger partial charge in [-0.15, -0.1) is 0 Å². The van der Waals surface area contributed by atoms with Crippen molar-refractivity contribution in [3.63, 3.8) is 0 Å². The smallest absolute Gasteiger partial charge is 0.313 e. The number of hydrogen-bond donors (Lipinski definition) is 0. The van der Waals surface area contributed by atoms with E-state index in [9.17, 15) is 0 Å². The molecule has 2 fully saturated rings. The first-order valence-corrected chi connectivity index (χ1v) is 6.33. The van der Waals surface area contributed by atoms with Crippen molar-refractivity contribution in [1.82, 2.24) is 19.2 Å². The maximum Gasteiger partial charge on any atom is 0.313 e.